The van der Waals surface area contributed by atoms with Gasteiger partial charge in [0, 0.05) is 44.1 Å². The molecule has 1 aliphatic heterocycles. The molecule has 20 heavy (non-hydrogen) atoms. The summed E-state index contributed by atoms with van der Waals surface area (Å²) in [4.78, 5) is 8.94. The lowest BCUT2D eigenvalue weighted by atomic mass is 10.1. The zero-order valence-electron chi connectivity index (χ0n) is 12.2. The molecule has 0 aliphatic carbocycles. The maximum Gasteiger partial charge on any atom is 0.188 e. The van der Waals surface area contributed by atoms with Gasteiger partial charge in [-0.3, -0.25) is 9.88 Å². The Morgan fingerprint density at radius 1 is 1.45 bits per heavy atom. The molecule has 1 aromatic heterocycles. The van der Waals surface area contributed by atoms with Crippen molar-refractivity contribution in [3.8, 4) is 0 Å². The average molecular weight is 277 g/mol. The third kappa shape index (κ3) is 3.19. The minimum absolute atomic E-state index is 0.0464. The lowest BCUT2D eigenvalue weighted by molar-refractivity contribution is 0.193. The molecule has 1 atom stereocenters. The summed E-state index contributed by atoms with van der Waals surface area (Å²) in [6, 6.07) is 4.48. The van der Waals surface area contributed by atoms with Crippen LogP contribution in [0.4, 0.5) is 5.69 Å². The van der Waals surface area contributed by atoms with Gasteiger partial charge in [0.05, 0.1) is 0 Å². The van der Waals surface area contributed by atoms with Crippen LogP contribution in [0.25, 0.3) is 0 Å². The molecule has 0 spiro atoms. The summed E-state index contributed by atoms with van der Waals surface area (Å²) >= 11 is 0. The number of piperazine rings is 1. The van der Waals surface area contributed by atoms with E-state index >= 15 is 0 Å². The van der Waals surface area contributed by atoms with Gasteiger partial charge < -0.3 is 15.8 Å². The molecule has 0 aromatic carbocycles. The van der Waals surface area contributed by atoms with Crippen LogP contribution in [0, 0.1) is 0 Å². The molecule has 2 rings (SSSR count). The van der Waals surface area contributed by atoms with E-state index in [1.807, 2.05) is 12.1 Å². The lowest BCUT2D eigenvalue weighted by Gasteiger charge is -2.39. The molecule has 3 N–H and O–H groups in total. The second-order valence-electron chi connectivity index (χ2n) is 5.16. The summed E-state index contributed by atoms with van der Waals surface area (Å²) in [7, 11) is 0. The van der Waals surface area contributed by atoms with E-state index in [0.717, 1.165) is 31.9 Å². The minimum Gasteiger partial charge on any atom is -0.409 e. The Balaban J connectivity index is 2.04. The third-order valence-electron chi connectivity index (χ3n) is 4.01. The van der Waals surface area contributed by atoms with E-state index in [0.29, 0.717) is 11.7 Å². The molecule has 1 aliphatic rings. The molecule has 2 heterocycles. The van der Waals surface area contributed by atoms with Crippen LogP contribution in [0.3, 0.4) is 0 Å². The van der Waals surface area contributed by atoms with Crippen molar-refractivity contribution in [2.45, 2.75) is 26.3 Å². The van der Waals surface area contributed by atoms with Crippen LogP contribution >= 0.6 is 0 Å². The molecule has 6 heteroatoms. The van der Waals surface area contributed by atoms with Crippen LogP contribution in [0.15, 0.2) is 23.5 Å². The summed E-state index contributed by atoms with van der Waals surface area (Å²) in [6.45, 7) is 8.61. The van der Waals surface area contributed by atoms with Gasteiger partial charge in [0.25, 0.3) is 0 Å². The molecule has 0 radical (unpaired) electrons. The van der Waals surface area contributed by atoms with Gasteiger partial charge in [0.15, 0.2) is 5.84 Å². The van der Waals surface area contributed by atoms with Crippen molar-refractivity contribution in [1.29, 1.82) is 0 Å². The van der Waals surface area contributed by atoms with Crippen molar-refractivity contribution in [3.63, 3.8) is 0 Å². The highest BCUT2D eigenvalue weighted by molar-refractivity contribution is 5.95. The highest BCUT2D eigenvalue weighted by atomic mass is 16.4. The molecule has 0 amide bonds. The van der Waals surface area contributed by atoms with Crippen LogP contribution in [0.2, 0.25) is 0 Å². The highest BCUT2D eigenvalue weighted by Gasteiger charge is 2.20. The number of oxime groups is 1. The second kappa shape index (κ2) is 6.56. The zero-order valence-corrected chi connectivity index (χ0v) is 12.2. The third-order valence-corrected chi connectivity index (χ3v) is 4.01. The van der Waals surface area contributed by atoms with E-state index in [2.05, 4.69) is 33.8 Å². The summed E-state index contributed by atoms with van der Waals surface area (Å²) in [5.41, 5.74) is 7.17. The Morgan fingerprint density at radius 3 is 2.75 bits per heavy atom. The van der Waals surface area contributed by atoms with Crippen LogP contribution in [-0.4, -0.2) is 53.1 Å². The van der Waals surface area contributed by atoms with Gasteiger partial charge in [-0.25, -0.2) is 0 Å². The van der Waals surface area contributed by atoms with E-state index in [1.165, 1.54) is 6.42 Å². The first kappa shape index (κ1) is 14.6. The number of nitrogens with two attached hydrogens (primary N) is 1. The standard InChI is InChI=1S/C14H23N5O/c1-3-11(2)18-6-8-19(9-7-18)12-4-5-16-13(10-12)14(15)17-20/h4-5,10-11,20H,3,6-9H2,1-2H3,(H2,15,17). The molecular formula is C14H23N5O. The van der Waals surface area contributed by atoms with E-state index in [4.69, 9.17) is 10.9 Å². The normalized spacial score (nSPS) is 19.1. The zero-order chi connectivity index (χ0) is 14.5. The van der Waals surface area contributed by atoms with Gasteiger partial charge in [-0.1, -0.05) is 12.1 Å². The van der Waals surface area contributed by atoms with Crippen molar-refractivity contribution < 1.29 is 5.21 Å². The topological polar surface area (TPSA) is 78.0 Å². The fourth-order valence-electron chi connectivity index (χ4n) is 2.49. The van der Waals surface area contributed by atoms with Crippen LogP contribution in [-0.2, 0) is 0 Å². The van der Waals surface area contributed by atoms with Crippen LogP contribution in [0.5, 0.6) is 0 Å². The van der Waals surface area contributed by atoms with Crippen molar-refractivity contribution >= 4 is 11.5 Å². The number of rotatable bonds is 4. The van der Waals surface area contributed by atoms with E-state index < -0.39 is 0 Å². The Morgan fingerprint density at radius 2 is 2.15 bits per heavy atom. The van der Waals surface area contributed by atoms with Gasteiger partial charge in [-0.15, -0.1) is 0 Å². The van der Waals surface area contributed by atoms with Gasteiger partial charge in [-0.2, -0.15) is 0 Å². The summed E-state index contributed by atoms with van der Waals surface area (Å²) < 4.78 is 0. The molecule has 0 bridgehead atoms. The Kier molecular flexibility index (Phi) is 4.79. The summed E-state index contributed by atoms with van der Waals surface area (Å²) in [5, 5.41) is 11.7. The Labute approximate surface area is 119 Å². The number of amidine groups is 1. The monoisotopic (exact) mass is 277 g/mol. The van der Waals surface area contributed by atoms with Crippen molar-refractivity contribution in [3.05, 3.63) is 24.0 Å². The highest BCUT2D eigenvalue weighted by Crippen LogP contribution is 2.18. The number of anilines is 1. The molecule has 1 fully saturated rings. The van der Waals surface area contributed by atoms with Crippen LogP contribution in [0.1, 0.15) is 26.0 Å². The predicted octanol–water partition coefficient (Wildman–Crippen LogP) is 1.10. The number of hydrogen-bond donors (Lipinski definition) is 2. The summed E-state index contributed by atoms with van der Waals surface area (Å²) in [6.07, 6.45) is 2.88. The Hall–Kier alpha value is -1.82. The fraction of sp³-hybridized carbons (Fsp3) is 0.571. The molecule has 0 saturated carbocycles. The molecule has 6 nitrogen and oxygen atoms in total. The smallest absolute Gasteiger partial charge is 0.188 e. The van der Waals surface area contributed by atoms with E-state index in [1.54, 1.807) is 6.20 Å². The van der Waals surface area contributed by atoms with E-state index in [9.17, 15) is 0 Å². The first-order chi connectivity index (χ1) is 9.65. The first-order valence-electron chi connectivity index (χ1n) is 7.08. The van der Waals surface area contributed by atoms with E-state index in [-0.39, 0.29) is 5.84 Å². The molecule has 1 unspecified atom stereocenters. The minimum atomic E-state index is 0.0464. The van der Waals surface area contributed by atoms with Crippen molar-refractivity contribution in [2.75, 3.05) is 31.1 Å². The maximum atomic E-state index is 8.72. The lowest BCUT2D eigenvalue weighted by Crippen LogP contribution is -2.49. The van der Waals surface area contributed by atoms with Gasteiger partial charge in [0.2, 0.25) is 0 Å². The largest absolute Gasteiger partial charge is 0.409 e. The number of pyridine rings is 1. The van der Waals surface area contributed by atoms with Crippen molar-refractivity contribution in [2.24, 2.45) is 10.9 Å². The van der Waals surface area contributed by atoms with Crippen molar-refractivity contribution in [1.82, 2.24) is 9.88 Å². The molecular weight excluding hydrogens is 254 g/mol. The van der Waals surface area contributed by atoms with Crippen LogP contribution < -0.4 is 10.6 Å². The maximum absolute atomic E-state index is 8.72. The number of hydrogen-bond acceptors (Lipinski definition) is 5. The summed E-state index contributed by atoms with van der Waals surface area (Å²) in [5.74, 6) is 0.0464. The second-order valence-corrected chi connectivity index (χ2v) is 5.16. The fourth-order valence-corrected chi connectivity index (χ4v) is 2.49. The SMILES string of the molecule is CCC(C)N1CCN(c2ccnc(C(N)=NO)c2)CC1. The predicted molar refractivity (Wildman–Crippen MR) is 80.3 cm³/mol. The quantitative estimate of drug-likeness (QED) is 0.373. The van der Waals surface area contributed by atoms with Gasteiger partial charge in [-0.05, 0) is 25.5 Å². The number of aromatic nitrogens is 1. The van der Waals surface area contributed by atoms with Gasteiger partial charge >= 0.3 is 0 Å². The number of nitrogens with zero attached hydrogens (tertiary/aromatic N) is 4. The van der Waals surface area contributed by atoms with Gasteiger partial charge in [0.1, 0.15) is 5.69 Å². The molecule has 110 valence electrons. The Bertz CT molecular complexity index is 468. The average Bonchev–Trinajstić information content (AvgIpc) is 2.53. The molecule has 1 aromatic rings. The first-order valence-corrected chi connectivity index (χ1v) is 7.08. The molecule has 1 saturated heterocycles.